The molecule has 0 aromatic carbocycles. The first kappa shape index (κ1) is 21.6. The average Bonchev–Trinajstić information content (AvgIpc) is 3.62. The predicted molar refractivity (Wildman–Crippen MR) is 126 cm³/mol. The number of methoxy groups -OCH3 is 1. The lowest BCUT2D eigenvalue weighted by molar-refractivity contribution is -0.0189. The minimum absolute atomic E-state index is 0.0464. The Labute approximate surface area is 192 Å². The third kappa shape index (κ3) is 3.58. The summed E-state index contributed by atoms with van der Waals surface area (Å²) in [5.41, 5.74) is 7.84. The number of anilines is 2. The lowest BCUT2D eigenvalue weighted by Crippen LogP contribution is -2.39. The van der Waals surface area contributed by atoms with Gasteiger partial charge in [-0.05, 0) is 68.7 Å². The molecule has 33 heavy (non-hydrogen) atoms. The number of esters is 1. The summed E-state index contributed by atoms with van der Waals surface area (Å²) in [6.07, 6.45) is 5.80. The average molecular weight is 448 g/mol. The van der Waals surface area contributed by atoms with E-state index >= 15 is 0 Å². The van der Waals surface area contributed by atoms with Crippen molar-refractivity contribution in [1.82, 2.24) is 15.0 Å². The van der Waals surface area contributed by atoms with Gasteiger partial charge in [-0.3, -0.25) is 0 Å². The molecule has 3 N–H and O–H groups in total. The highest BCUT2D eigenvalue weighted by Crippen LogP contribution is 2.46. The van der Waals surface area contributed by atoms with Crippen molar-refractivity contribution in [2.75, 3.05) is 12.4 Å². The number of rotatable bonds is 5. The maximum Gasteiger partial charge on any atom is 0.340 e. The van der Waals surface area contributed by atoms with Crippen molar-refractivity contribution in [3.63, 3.8) is 0 Å². The zero-order valence-corrected chi connectivity index (χ0v) is 19.6. The molecule has 0 bridgehead atoms. The Morgan fingerprint density at radius 3 is 2.64 bits per heavy atom. The largest absolute Gasteiger partial charge is 0.481 e. The van der Waals surface area contributed by atoms with Crippen molar-refractivity contribution in [1.29, 1.82) is 0 Å². The van der Waals surface area contributed by atoms with Crippen molar-refractivity contribution in [2.45, 2.75) is 57.6 Å². The maximum absolute atomic E-state index is 12.4. The molecule has 2 atom stereocenters. The molecule has 0 spiro atoms. The number of nitrogens with two attached hydrogens (primary N) is 1. The highest BCUT2D eigenvalue weighted by molar-refractivity contribution is 5.93. The number of fused-ring (bicyclic) bond motifs is 2. The van der Waals surface area contributed by atoms with E-state index in [1.54, 1.807) is 25.4 Å². The monoisotopic (exact) mass is 447 g/mol. The molecule has 5 rings (SSSR count). The van der Waals surface area contributed by atoms with Gasteiger partial charge in [0, 0.05) is 23.9 Å². The molecule has 8 nitrogen and oxygen atoms in total. The van der Waals surface area contributed by atoms with Crippen LogP contribution in [0.25, 0.3) is 10.8 Å². The maximum atomic E-state index is 12.4. The molecule has 0 saturated heterocycles. The fourth-order valence-corrected chi connectivity index (χ4v) is 4.56. The molecule has 3 aromatic rings. The van der Waals surface area contributed by atoms with E-state index in [2.05, 4.69) is 22.2 Å². The van der Waals surface area contributed by atoms with Gasteiger partial charge in [0.15, 0.2) is 0 Å². The molecule has 8 heteroatoms. The SMILES string of the molecule is COc1ncc([C@@](C)(N)C2CC2)c2cc(Nc3ccc4c(n3)[C@@H](C)C(C)(C)OC4=O)ncc12. The molecule has 0 amide bonds. The van der Waals surface area contributed by atoms with Crippen molar-refractivity contribution >= 4 is 28.4 Å². The highest BCUT2D eigenvalue weighted by Gasteiger charge is 2.41. The first-order valence-corrected chi connectivity index (χ1v) is 11.2. The Morgan fingerprint density at radius 2 is 1.94 bits per heavy atom. The normalized spacial score (nSPS) is 21.2. The van der Waals surface area contributed by atoms with E-state index in [9.17, 15) is 4.79 Å². The zero-order valence-electron chi connectivity index (χ0n) is 19.6. The number of hydrogen-bond donors (Lipinski definition) is 2. The van der Waals surface area contributed by atoms with E-state index in [1.807, 2.05) is 33.0 Å². The number of aromatic nitrogens is 3. The van der Waals surface area contributed by atoms with Crippen molar-refractivity contribution < 1.29 is 14.3 Å². The Hall–Kier alpha value is -3.26. The molecule has 3 aromatic heterocycles. The molecule has 0 radical (unpaired) electrons. The van der Waals surface area contributed by atoms with Crippen LogP contribution in [-0.4, -0.2) is 33.6 Å². The fraction of sp³-hybridized carbons (Fsp3) is 0.440. The first-order chi connectivity index (χ1) is 15.6. The summed E-state index contributed by atoms with van der Waals surface area (Å²) in [6, 6.07) is 5.48. The van der Waals surface area contributed by atoms with Crippen LogP contribution >= 0.6 is 0 Å². The first-order valence-electron chi connectivity index (χ1n) is 11.2. The number of nitrogens with one attached hydrogen (secondary N) is 1. The molecule has 1 aliphatic carbocycles. The van der Waals surface area contributed by atoms with Crippen LogP contribution in [0.1, 0.15) is 68.1 Å². The molecular formula is C25H29N5O3. The van der Waals surface area contributed by atoms with Crippen molar-refractivity contribution in [3.05, 3.63) is 47.4 Å². The van der Waals surface area contributed by atoms with E-state index in [0.717, 1.165) is 34.9 Å². The molecule has 2 aliphatic rings. The number of carbonyl (C=O) groups excluding carboxylic acids is 1. The number of hydrogen-bond acceptors (Lipinski definition) is 8. The minimum atomic E-state index is -0.621. The zero-order chi connectivity index (χ0) is 23.5. The Kier molecular flexibility index (Phi) is 4.83. The molecular weight excluding hydrogens is 418 g/mol. The lowest BCUT2D eigenvalue weighted by atomic mass is 9.84. The van der Waals surface area contributed by atoms with Gasteiger partial charge in [0.05, 0.1) is 23.8 Å². The quantitative estimate of drug-likeness (QED) is 0.553. The van der Waals surface area contributed by atoms with Crippen LogP contribution in [-0.2, 0) is 10.3 Å². The fourth-order valence-electron chi connectivity index (χ4n) is 4.56. The second kappa shape index (κ2) is 7.38. The van der Waals surface area contributed by atoms with Crippen LogP contribution in [0.4, 0.5) is 11.6 Å². The summed E-state index contributed by atoms with van der Waals surface area (Å²) >= 11 is 0. The standard InChI is InChI=1S/C25H29N5O3/c1-13-21-15(23(31)33-24(13,2)3)8-9-19(30-21)29-20-10-16-17(11-27-20)22(32-5)28-12-18(16)25(4,26)14-6-7-14/h8-14H,6-7,26H2,1-5H3,(H,27,29,30)/t13-,25+/m1/s1. The molecule has 1 saturated carbocycles. The van der Waals surface area contributed by atoms with Gasteiger partial charge in [0.1, 0.15) is 17.2 Å². The summed E-state index contributed by atoms with van der Waals surface area (Å²) in [6.45, 7) is 7.88. The topological polar surface area (TPSA) is 112 Å². The van der Waals surface area contributed by atoms with Crippen LogP contribution in [0, 0.1) is 5.92 Å². The highest BCUT2D eigenvalue weighted by atomic mass is 16.6. The van der Waals surface area contributed by atoms with Crippen LogP contribution < -0.4 is 15.8 Å². The lowest BCUT2D eigenvalue weighted by Gasteiger charge is -2.36. The Balaban J connectivity index is 1.55. The Morgan fingerprint density at radius 1 is 1.18 bits per heavy atom. The summed E-state index contributed by atoms with van der Waals surface area (Å²) in [7, 11) is 1.60. The van der Waals surface area contributed by atoms with Gasteiger partial charge in [-0.2, -0.15) is 0 Å². The van der Waals surface area contributed by atoms with E-state index in [4.69, 9.17) is 20.2 Å². The second-order valence-electron chi connectivity index (χ2n) is 9.82. The van der Waals surface area contributed by atoms with Gasteiger partial charge in [-0.15, -0.1) is 0 Å². The molecule has 1 aliphatic heterocycles. The number of cyclic esters (lactones) is 1. The summed E-state index contributed by atoms with van der Waals surface area (Å²) in [5, 5.41) is 5.06. The van der Waals surface area contributed by atoms with Gasteiger partial charge >= 0.3 is 5.97 Å². The van der Waals surface area contributed by atoms with Gasteiger partial charge in [-0.25, -0.2) is 19.7 Å². The van der Waals surface area contributed by atoms with E-state index in [0.29, 0.717) is 29.0 Å². The number of pyridine rings is 3. The van der Waals surface area contributed by atoms with Crippen molar-refractivity contribution in [2.24, 2.45) is 11.7 Å². The van der Waals surface area contributed by atoms with E-state index < -0.39 is 11.1 Å². The van der Waals surface area contributed by atoms with E-state index in [-0.39, 0.29) is 11.9 Å². The number of ether oxygens (including phenoxy) is 2. The van der Waals surface area contributed by atoms with E-state index in [1.165, 1.54) is 0 Å². The predicted octanol–water partition coefficient (Wildman–Crippen LogP) is 4.41. The van der Waals surface area contributed by atoms with Crippen LogP contribution in [0.15, 0.2) is 30.6 Å². The minimum Gasteiger partial charge on any atom is -0.481 e. The van der Waals surface area contributed by atoms with Gasteiger partial charge in [0.2, 0.25) is 5.88 Å². The van der Waals surface area contributed by atoms with Crippen LogP contribution in [0.5, 0.6) is 5.88 Å². The molecule has 1 fully saturated rings. The van der Waals surface area contributed by atoms with Gasteiger partial charge in [0.25, 0.3) is 0 Å². The molecule has 172 valence electrons. The number of carbonyl (C=O) groups is 1. The van der Waals surface area contributed by atoms with Crippen molar-refractivity contribution in [3.8, 4) is 5.88 Å². The molecule has 4 heterocycles. The summed E-state index contributed by atoms with van der Waals surface area (Å²) in [5.74, 6) is 1.80. The smallest absolute Gasteiger partial charge is 0.340 e. The second-order valence-corrected chi connectivity index (χ2v) is 9.82. The van der Waals surface area contributed by atoms with Crippen LogP contribution in [0.3, 0.4) is 0 Å². The number of nitrogens with zero attached hydrogens (tertiary/aromatic N) is 3. The molecule has 0 unspecified atom stereocenters. The van der Waals surface area contributed by atoms with Gasteiger partial charge < -0.3 is 20.5 Å². The Bertz CT molecular complexity index is 1270. The summed E-state index contributed by atoms with van der Waals surface area (Å²) < 4.78 is 11.0. The summed E-state index contributed by atoms with van der Waals surface area (Å²) in [4.78, 5) is 26.2. The third-order valence-electron chi connectivity index (χ3n) is 7.14. The van der Waals surface area contributed by atoms with Gasteiger partial charge in [-0.1, -0.05) is 6.92 Å². The third-order valence-corrected chi connectivity index (χ3v) is 7.14. The van der Waals surface area contributed by atoms with Crippen LogP contribution in [0.2, 0.25) is 0 Å².